The predicted molar refractivity (Wildman–Crippen MR) is 182 cm³/mol. The maximum absolute atomic E-state index is 10.5. The molecule has 0 saturated carbocycles. The van der Waals surface area contributed by atoms with Crippen LogP contribution >= 0.6 is 47.0 Å². The monoisotopic (exact) mass is 815 g/mol. The minimum absolute atomic E-state index is 0. The molecule has 4 amide bonds. The topological polar surface area (TPSA) is 277 Å². The van der Waals surface area contributed by atoms with Crippen molar-refractivity contribution in [1.82, 2.24) is 21.3 Å². The number of nitrogens with one attached hydrogen (secondary N) is 4. The second-order valence-corrected chi connectivity index (χ2v) is 13.4. The van der Waals surface area contributed by atoms with Gasteiger partial charge in [-0.15, -0.1) is 0 Å². The quantitative estimate of drug-likeness (QED) is 0.0852. The molecule has 0 aliphatic carbocycles. The maximum Gasteiger partial charge on any atom is 2.00 e. The number of carbonyl (C=O) groups excluding carboxylic acids is 8. The summed E-state index contributed by atoms with van der Waals surface area (Å²) in [6.45, 7) is 5.15. The van der Waals surface area contributed by atoms with E-state index in [1.807, 2.05) is 25.0 Å². The third-order valence-electron chi connectivity index (χ3n) is 5.09. The summed E-state index contributed by atoms with van der Waals surface area (Å²) < 4.78 is 0. The first kappa shape index (κ1) is 56.1. The van der Waals surface area contributed by atoms with Gasteiger partial charge in [0.1, 0.15) is 0 Å². The van der Waals surface area contributed by atoms with E-state index in [-0.39, 0.29) is 40.7 Å². The van der Waals surface area contributed by atoms with E-state index in [1.165, 1.54) is 74.7 Å². The fourth-order valence-electron chi connectivity index (χ4n) is 2.92. The number of amides is 4. The standard InChI is InChI=1S/4C7H13NO3S.Mn/c4*1-5(9)8-6(7(10)11)3-4-12-2;/h4*6H,3-4H2,1-2H3,(H,8,9)(H,10,11);/q;;;;+2/p-4/t4*6-;/m0000./s1. The first-order valence-electron chi connectivity index (χ1n) is 14.2. The molecule has 0 heterocycles. The van der Waals surface area contributed by atoms with Gasteiger partial charge in [0, 0.05) is 27.7 Å². The van der Waals surface area contributed by atoms with Crippen LogP contribution in [0.25, 0.3) is 0 Å². The van der Waals surface area contributed by atoms with E-state index in [1.54, 1.807) is 0 Å². The van der Waals surface area contributed by atoms with Crippen LogP contribution in [0.3, 0.4) is 0 Å². The smallest absolute Gasteiger partial charge is 0.548 e. The molecule has 0 bridgehead atoms. The van der Waals surface area contributed by atoms with Crippen LogP contribution < -0.4 is 41.7 Å². The molecule has 16 nitrogen and oxygen atoms in total. The Kier molecular flexibility index (Phi) is 42.3. The molecule has 0 spiro atoms. The van der Waals surface area contributed by atoms with Crippen LogP contribution in [0, 0.1) is 0 Å². The Morgan fingerprint density at radius 3 is 0.633 bits per heavy atom. The van der Waals surface area contributed by atoms with Crippen LogP contribution in [0.5, 0.6) is 0 Å². The van der Waals surface area contributed by atoms with Gasteiger partial charge in [-0.05, 0) is 73.7 Å². The molecule has 0 aliphatic heterocycles. The summed E-state index contributed by atoms with van der Waals surface area (Å²) in [5, 5.41) is 50.8. The zero-order chi connectivity index (χ0) is 38.2. The first-order chi connectivity index (χ1) is 22.3. The largest absolute Gasteiger partial charge is 2.00 e. The molecule has 0 rings (SSSR count). The Labute approximate surface area is 315 Å². The summed E-state index contributed by atoms with van der Waals surface area (Å²) in [4.78, 5) is 83.7. The summed E-state index contributed by atoms with van der Waals surface area (Å²) >= 11 is 6.13. The number of carbonyl (C=O) groups is 8. The third-order valence-corrected chi connectivity index (χ3v) is 7.67. The van der Waals surface area contributed by atoms with Gasteiger partial charge in [-0.1, -0.05) is 0 Å². The van der Waals surface area contributed by atoms with Gasteiger partial charge in [-0.2, -0.15) is 47.0 Å². The normalized spacial score (nSPS) is 11.9. The number of carboxylic acid groups (broad SMARTS) is 4. The molecular weight excluding hydrogens is 768 g/mol. The predicted octanol–water partition coefficient (Wildman–Crippen LogP) is -4.03. The number of hydrogen-bond acceptors (Lipinski definition) is 16. The van der Waals surface area contributed by atoms with Crippen molar-refractivity contribution >= 4 is 94.6 Å². The zero-order valence-electron chi connectivity index (χ0n) is 28.9. The molecule has 0 aliphatic rings. The summed E-state index contributed by atoms with van der Waals surface area (Å²) in [6.07, 6.45) is 9.12. The number of aliphatic carboxylic acids is 4. The Morgan fingerprint density at radius 2 is 0.551 bits per heavy atom. The first-order valence-corrected chi connectivity index (χ1v) is 19.8. The molecule has 0 unspecified atom stereocenters. The van der Waals surface area contributed by atoms with Gasteiger partial charge < -0.3 is 60.9 Å². The molecule has 21 heteroatoms. The molecule has 4 atom stereocenters. The van der Waals surface area contributed by atoms with Crippen molar-refractivity contribution in [2.45, 2.75) is 77.5 Å². The van der Waals surface area contributed by atoms with Crippen LogP contribution in [-0.2, 0) is 55.4 Å². The number of rotatable bonds is 20. The molecule has 0 aromatic rings. The Morgan fingerprint density at radius 1 is 0.408 bits per heavy atom. The van der Waals surface area contributed by atoms with Crippen molar-refractivity contribution in [2.75, 3.05) is 48.0 Å². The molecule has 1 radical (unpaired) electrons. The average molecular weight is 816 g/mol. The van der Waals surface area contributed by atoms with E-state index < -0.39 is 48.0 Å². The van der Waals surface area contributed by atoms with Crippen molar-refractivity contribution in [2.24, 2.45) is 0 Å². The molecule has 0 fully saturated rings. The van der Waals surface area contributed by atoms with E-state index >= 15 is 0 Å². The van der Waals surface area contributed by atoms with Gasteiger partial charge in [0.25, 0.3) is 0 Å². The summed E-state index contributed by atoms with van der Waals surface area (Å²) in [5.41, 5.74) is 0. The molecule has 0 aromatic carbocycles. The maximum atomic E-state index is 10.5. The second-order valence-electron chi connectivity index (χ2n) is 9.41. The molecular formula is C28H48MnN4O12S4-2. The van der Waals surface area contributed by atoms with Crippen LogP contribution in [-0.4, -0.2) is 120 Å². The van der Waals surface area contributed by atoms with E-state index in [9.17, 15) is 58.8 Å². The van der Waals surface area contributed by atoms with Crippen LogP contribution in [0.2, 0.25) is 0 Å². The third kappa shape index (κ3) is 41.8. The van der Waals surface area contributed by atoms with Crippen LogP contribution in [0.15, 0.2) is 0 Å². The number of thioether (sulfide) groups is 4. The van der Waals surface area contributed by atoms with Crippen molar-refractivity contribution in [3.8, 4) is 0 Å². The Balaban J connectivity index is -0.000000174. The van der Waals surface area contributed by atoms with Crippen molar-refractivity contribution in [3.63, 3.8) is 0 Å². The summed E-state index contributed by atoms with van der Waals surface area (Å²) in [7, 11) is 0. The van der Waals surface area contributed by atoms with Crippen LogP contribution in [0.1, 0.15) is 53.4 Å². The van der Waals surface area contributed by atoms with Gasteiger partial charge >= 0.3 is 17.1 Å². The van der Waals surface area contributed by atoms with E-state index in [0.717, 1.165) is 0 Å². The van der Waals surface area contributed by atoms with Crippen LogP contribution in [0.4, 0.5) is 0 Å². The Bertz CT molecular complexity index is 847. The van der Waals surface area contributed by atoms with E-state index in [0.29, 0.717) is 48.7 Å². The van der Waals surface area contributed by atoms with Crippen molar-refractivity contribution < 1.29 is 75.9 Å². The molecule has 285 valence electrons. The molecule has 49 heavy (non-hydrogen) atoms. The molecule has 4 N–H and O–H groups in total. The summed E-state index contributed by atoms with van der Waals surface area (Å²) in [6, 6.07) is -3.41. The zero-order valence-corrected chi connectivity index (χ0v) is 33.3. The second kappa shape index (κ2) is 36.9. The summed E-state index contributed by atoms with van der Waals surface area (Å²) in [5.74, 6) is -3.49. The molecule has 0 aromatic heterocycles. The molecule has 0 saturated heterocycles. The Hall–Kier alpha value is -2.32. The van der Waals surface area contributed by atoms with E-state index in [4.69, 9.17) is 0 Å². The van der Waals surface area contributed by atoms with Crippen molar-refractivity contribution in [1.29, 1.82) is 0 Å². The number of hydrogen-bond donors (Lipinski definition) is 4. The SMILES string of the molecule is CSCC[C@H](NC(C)=O)C(=O)[O-].CSCC[C@H](NC(C)=O)C(=O)[O-].CSCC[C@H](NC(C)=O)C(=O)[O-].CSCC[C@H](NC(C)=O)C(=O)[O-].[Mn+2]. The minimum atomic E-state index is -1.22. The van der Waals surface area contributed by atoms with Gasteiger partial charge in [0.05, 0.1) is 48.0 Å². The number of carboxylic acids is 4. The van der Waals surface area contributed by atoms with Gasteiger partial charge in [-0.3, -0.25) is 19.2 Å². The van der Waals surface area contributed by atoms with Crippen molar-refractivity contribution in [3.05, 3.63) is 0 Å². The van der Waals surface area contributed by atoms with E-state index in [2.05, 4.69) is 21.3 Å². The fourth-order valence-corrected chi connectivity index (χ4v) is 4.81. The van der Waals surface area contributed by atoms with Gasteiger partial charge in [0.15, 0.2) is 0 Å². The van der Waals surface area contributed by atoms with Gasteiger partial charge in [0.2, 0.25) is 23.6 Å². The van der Waals surface area contributed by atoms with Gasteiger partial charge in [-0.25, -0.2) is 0 Å². The average Bonchev–Trinajstić information content (AvgIpc) is 2.97. The fraction of sp³-hybridized carbons (Fsp3) is 0.714. The minimum Gasteiger partial charge on any atom is -0.548 e.